The second kappa shape index (κ2) is 20.7. The van der Waals surface area contributed by atoms with E-state index >= 15 is 0 Å². The van der Waals surface area contributed by atoms with Crippen molar-refractivity contribution in [3.8, 4) is 0 Å². The fraction of sp³-hybridized carbons (Fsp3) is 0.909. The van der Waals surface area contributed by atoms with Gasteiger partial charge in [-0.3, -0.25) is 14.4 Å². The van der Waals surface area contributed by atoms with Crippen molar-refractivity contribution < 1.29 is 29.7 Å². The third kappa shape index (κ3) is 10.7. The third-order valence-electron chi connectivity index (χ3n) is 8.50. The Morgan fingerprint density at radius 3 is 0.923 bits per heavy atom. The molecule has 0 aliphatic rings. The van der Waals surface area contributed by atoms with E-state index in [1.165, 1.54) is 0 Å². The van der Waals surface area contributed by atoms with Gasteiger partial charge < -0.3 is 15.3 Å². The van der Waals surface area contributed by atoms with Crippen LogP contribution in [0.3, 0.4) is 0 Å². The highest BCUT2D eigenvalue weighted by atomic mass is 16.4. The summed E-state index contributed by atoms with van der Waals surface area (Å²) in [6.07, 6.45) is 12.4. The molecule has 0 aromatic rings. The Labute approximate surface area is 239 Å². The number of hydrogen-bond donors (Lipinski definition) is 3. The molecule has 39 heavy (non-hydrogen) atoms. The zero-order chi connectivity index (χ0) is 29.9. The van der Waals surface area contributed by atoms with Gasteiger partial charge in [0.15, 0.2) is 23.0 Å². The maximum Gasteiger partial charge on any atom is 0.220 e. The van der Waals surface area contributed by atoms with Gasteiger partial charge in [0.1, 0.15) is 0 Å². The van der Waals surface area contributed by atoms with Crippen LogP contribution in [-0.2, 0) is 14.4 Å². The van der Waals surface area contributed by atoms with E-state index in [1.54, 1.807) is 0 Å². The van der Waals surface area contributed by atoms with Crippen LogP contribution >= 0.6 is 0 Å². The summed E-state index contributed by atoms with van der Waals surface area (Å²) >= 11 is 0. The van der Waals surface area contributed by atoms with Crippen LogP contribution in [0.5, 0.6) is 0 Å². The molecule has 0 aromatic carbocycles. The second-order valence-corrected chi connectivity index (χ2v) is 11.8. The first kappa shape index (κ1) is 37.9. The van der Waals surface area contributed by atoms with E-state index in [2.05, 4.69) is 0 Å². The standard InChI is InChI=1S/C33H62O6/c1-7-13-19-26(20-14-8-2)29(35)32(38,25-34)33(39,30(36)27(21-15-9-3)22-16-10-4)31(37)28(23-17-11-5)24-18-12-6/h26-28,34,38-39H,7-25H2,1-6H3. The number of aliphatic hydroxyl groups is 3. The molecule has 0 heterocycles. The van der Waals surface area contributed by atoms with Crippen LogP contribution in [0.4, 0.5) is 0 Å². The number of Topliss-reactive ketones (excluding diaryl/α,β-unsaturated/α-hetero) is 3. The molecule has 1 atom stereocenters. The van der Waals surface area contributed by atoms with Crippen LogP contribution in [-0.4, -0.2) is 50.5 Å². The summed E-state index contributed by atoms with van der Waals surface area (Å²) in [6.45, 7) is 10.9. The summed E-state index contributed by atoms with van der Waals surface area (Å²) < 4.78 is 0. The lowest BCUT2D eigenvalue weighted by Gasteiger charge is -2.43. The van der Waals surface area contributed by atoms with Gasteiger partial charge in [-0.25, -0.2) is 0 Å². The van der Waals surface area contributed by atoms with E-state index in [0.717, 1.165) is 77.0 Å². The van der Waals surface area contributed by atoms with Crippen molar-refractivity contribution in [3.63, 3.8) is 0 Å². The second-order valence-electron chi connectivity index (χ2n) is 11.8. The van der Waals surface area contributed by atoms with Crippen LogP contribution in [0.1, 0.15) is 157 Å². The molecule has 0 fully saturated rings. The lowest BCUT2D eigenvalue weighted by Crippen LogP contribution is -2.72. The van der Waals surface area contributed by atoms with E-state index in [4.69, 9.17) is 0 Å². The number of hydrogen-bond acceptors (Lipinski definition) is 6. The molecule has 0 aliphatic carbocycles. The molecule has 0 saturated carbocycles. The van der Waals surface area contributed by atoms with E-state index in [1.807, 2.05) is 41.5 Å². The highest BCUT2D eigenvalue weighted by molar-refractivity contribution is 6.17. The lowest BCUT2D eigenvalue weighted by atomic mass is 9.64. The lowest BCUT2D eigenvalue weighted by molar-refractivity contribution is -0.200. The largest absolute Gasteiger partial charge is 0.393 e. The number of rotatable bonds is 26. The number of carbonyl (C=O) groups is 3. The minimum atomic E-state index is -2.96. The van der Waals surface area contributed by atoms with E-state index < -0.39 is 52.9 Å². The maximum atomic E-state index is 14.3. The van der Waals surface area contributed by atoms with Gasteiger partial charge in [0.25, 0.3) is 0 Å². The molecule has 3 N–H and O–H groups in total. The summed E-state index contributed by atoms with van der Waals surface area (Å²) in [4.78, 5) is 42.8. The average Bonchev–Trinajstić information content (AvgIpc) is 2.95. The molecule has 230 valence electrons. The first-order chi connectivity index (χ1) is 18.6. The molecule has 6 nitrogen and oxygen atoms in total. The highest BCUT2D eigenvalue weighted by Gasteiger charge is 2.65. The first-order valence-electron chi connectivity index (χ1n) is 16.3. The van der Waals surface area contributed by atoms with Crippen molar-refractivity contribution in [2.75, 3.05) is 6.61 Å². The van der Waals surface area contributed by atoms with Crippen LogP contribution in [0.15, 0.2) is 0 Å². The summed E-state index contributed by atoms with van der Waals surface area (Å²) in [5, 5.41) is 35.0. The van der Waals surface area contributed by atoms with Crippen molar-refractivity contribution in [1.82, 2.24) is 0 Å². The molecule has 0 radical (unpaired) electrons. The predicted octanol–water partition coefficient (Wildman–Crippen LogP) is 7.14. The minimum absolute atomic E-state index is 0.476. The Morgan fingerprint density at radius 1 is 0.487 bits per heavy atom. The summed E-state index contributed by atoms with van der Waals surface area (Å²) in [6, 6.07) is 0. The highest BCUT2D eigenvalue weighted by Crippen LogP contribution is 2.39. The Hall–Kier alpha value is -1.11. The molecule has 0 aliphatic heterocycles. The molecule has 0 amide bonds. The zero-order valence-electron chi connectivity index (χ0n) is 26.2. The predicted molar refractivity (Wildman–Crippen MR) is 160 cm³/mol. The summed E-state index contributed by atoms with van der Waals surface area (Å²) in [5.74, 6) is -4.27. The van der Waals surface area contributed by atoms with Crippen LogP contribution < -0.4 is 0 Å². The number of carbonyl (C=O) groups excluding carboxylic acids is 3. The van der Waals surface area contributed by atoms with Gasteiger partial charge in [0.2, 0.25) is 5.60 Å². The molecule has 0 bridgehead atoms. The van der Waals surface area contributed by atoms with Crippen LogP contribution in [0, 0.1) is 17.8 Å². The normalized spacial score (nSPS) is 13.8. The average molecular weight is 555 g/mol. The summed E-state index contributed by atoms with van der Waals surface area (Å²) in [7, 11) is 0. The molecule has 1 unspecified atom stereocenters. The van der Waals surface area contributed by atoms with Gasteiger partial charge in [0, 0.05) is 17.8 Å². The fourth-order valence-electron chi connectivity index (χ4n) is 5.75. The topological polar surface area (TPSA) is 112 Å². The third-order valence-corrected chi connectivity index (χ3v) is 8.50. The Balaban J connectivity index is 7.00. The smallest absolute Gasteiger partial charge is 0.220 e. The minimum Gasteiger partial charge on any atom is -0.393 e. The molecule has 0 aromatic heterocycles. The van der Waals surface area contributed by atoms with Crippen LogP contribution in [0.25, 0.3) is 0 Å². The molecule has 6 heteroatoms. The number of aliphatic hydroxyl groups excluding tert-OH is 1. The van der Waals surface area contributed by atoms with E-state index in [-0.39, 0.29) is 0 Å². The van der Waals surface area contributed by atoms with Crippen molar-refractivity contribution in [2.24, 2.45) is 17.8 Å². The molecule has 0 spiro atoms. The van der Waals surface area contributed by atoms with Gasteiger partial charge in [-0.05, 0) is 38.5 Å². The quantitative estimate of drug-likeness (QED) is 0.0980. The van der Waals surface area contributed by atoms with Crippen molar-refractivity contribution in [3.05, 3.63) is 0 Å². The van der Waals surface area contributed by atoms with Crippen LogP contribution in [0.2, 0.25) is 0 Å². The zero-order valence-corrected chi connectivity index (χ0v) is 26.2. The Kier molecular flexibility index (Phi) is 20.1. The van der Waals surface area contributed by atoms with Gasteiger partial charge in [0.05, 0.1) is 6.61 Å². The van der Waals surface area contributed by atoms with E-state index in [9.17, 15) is 29.7 Å². The fourth-order valence-corrected chi connectivity index (χ4v) is 5.75. The van der Waals surface area contributed by atoms with Gasteiger partial charge in [-0.2, -0.15) is 0 Å². The van der Waals surface area contributed by atoms with Gasteiger partial charge in [-0.15, -0.1) is 0 Å². The van der Waals surface area contributed by atoms with Gasteiger partial charge >= 0.3 is 0 Å². The first-order valence-corrected chi connectivity index (χ1v) is 16.3. The van der Waals surface area contributed by atoms with E-state index in [0.29, 0.717) is 38.5 Å². The number of ketones is 3. The molecular weight excluding hydrogens is 492 g/mol. The molecular formula is C33H62O6. The Morgan fingerprint density at radius 2 is 0.718 bits per heavy atom. The Bertz CT molecular complexity index is 634. The maximum absolute atomic E-state index is 14.3. The van der Waals surface area contributed by atoms with Gasteiger partial charge in [-0.1, -0.05) is 119 Å². The molecule has 0 saturated heterocycles. The summed E-state index contributed by atoms with van der Waals surface area (Å²) in [5.41, 5.74) is -5.82. The van der Waals surface area contributed by atoms with Crippen molar-refractivity contribution in [2.45, 2.75) is 168 Å². The van der Waals surface area contributed by atoms with Crippen molar-refractivity contribution >= 4 is 17.3 Å². The molecule has 0 rings (SSSR count). The van der Waals surface area contributed by atoms with Crippen molar-refractivity contribution in [1.29, 1.82) is 0 Å². The SMILES string of the molecule is CCCCC(CCCC)C(=O)C(O)(CO)C(O)(C(=O)C(CCCC)CCCC)C(=O)C(CCCC)CCCC. The number of unbranched alkanes of at least 4 members (excludes halogenated alkanes) is 6. The monoisotopic (exact) mass is 554 g/mol.